The molecule has 0 aliphatic heterocycles. The van der Waals surface area contributed by atoms with Crippen molar-refractivity contribution in [2.45, 2.75) is 84.5 Å². The molecule has 0 heterocycles. The molecule has 1 unspecified atom stereocenters. The van der Waals surface area contributed by atoms with E-state index in [0.717, 1.165) is 12.8 Å². The van der Waals surface area contributed by atoms with Crippen molar-refractivity contribution >= 4 is 5.97 Å². The fraction of sp³-hybridized carbons (Fsp3) is 0.933. The summed E-state index contributed by atoms with van der Waals surface area (Å²) in [6.07, 6.45) is 13.9. The summed E-state index contributed by atoms with van der Waals surface area (Å²) in [4.78, 5) is 10.6. The lowest BCUT2D eigenvalue weighted by atomic mass is 10.0. The molecular weight excluding hydrogens is 212 g/mol. The second-order valence-corrected chi connectivity index (χ2v) is 5.21. The molecule has 0 saturated heterocycles. The van der Waals surface area contributed by atoms with Crippen LogP contribution in [0.3, 0.4) is 0 Å². The van der Waals surface area contributed by atoms with Crippen molar-refractivity contribution in [3.8, 4) is 0 Å². The zero-order valence-corrected chi connectivity index (χ0v) is 11.7. The highest BCUT2D eigenvalue weighted by molar-refractivity contribution is 5.69. The van der Waals surface area contributed by atoms with E-state index in [2.05, 4.69) is 6.92 Å². The van der Waals surface area contributed by atoms with Gasteiger partial charge in [0.2, 0.25) is 0 Å². The van der Waals surface area contributed by atoms with E-state index in [0.29, 0.717) is 0 Å². The smallest absolute Gasteiger partial charge is 0.306 e. The van der Waals surface area contributed by atoms with Crippen molar-refractivity contribution in [3.63, 3.8) is 0 Å². The van der Waals surface area contributed by atoms with Gasteiger partial charge in [-0.1, -0.05) is 78.1 Å². The van der Waals surface area contributed by atoms with E-state index >= 15 is 0 Å². The first-order valence-corrected chi connectivity index (χ1v) is 7.41. The lowest BCUT2D eigenvalue weighted by Crippen LogP contribution is -2.08. The van der Waals surface area contributed by atoms with Crippen LogP contribution in [0, 0.1) is 5.92 Å². The molecule has 0 radical (unpaired) electrons. The summed E-state index contributed by atoms with van der Waals surface area (Å²) < 4.78 is 0. The monoisotopic (exact) mass is 242 g/mol. The van der Waals surface area contributed by atoms with Crippen LogP contribution in [0.2, 0.25) is 0 Å². The molecule has 17 heavy (non-hydrogen) atoms. The Hall–Kier alpha value is -0.530. The summed E-state index contributed by atoms with van der Waals surface area (Å²) in [5, 5.41) is 8.73. The van der Waals surface area contributed by atoms with Gasteiger partial charge in [0.1, 0.15) is 0 Å². The quantitative estimate of drug-likeness (QED) is 0.488. The molecule has 0 aromatic carbocycles. The van der Waals surface area contributed by atoms with Gasteiger partial charge in [-0.3, -0.25) is 4.79 Å². The van der Waals surface area contributed by atoms with Gasteiger partial charge in [-0.25, -0.2) is 0 Å². The van der Waals surface area contributed by atoms with Crippen LogP contribution in [0.25, 0.3) is 0 Å². The lowest BCUT2D eigenvalue weighted by Gasteiger charge is -2.05. The first-order chi connectivity index (χ1) is 8.18. The maximum Gasteiger partial charge on any atom is 0.306 e. The van der Waals surface area contributed by atoms with E-state index < -0.39 is 5.97 Å². The third kappa shape index (κ3) is 11.7. The molecule has 0 aromatic heterocycles. The van der Waals surface area contributed by atoms with E-state index in [1.807, 2.05) is 0 Å². The van der Waals surface area contributed by atoms with Crippen LogP contribution < -0.4 is 0 Å². The summed E-state index contributed by atoms with van der Waals surface area (Å²) in [6.45, 7) is 4.05. The Morgan fingerprint density at radius 1 is 0.882 bits per heavy atom. The largest absolute Gasteiger partial charge is 0.481 e. The number of hydrogen-bond donors (Lipinski definition) is 1. The van der Waals surface area contributed by atoms with E-state index in [9.17, 15) is 4.79 Å². The summed E-state index contributed by atoms with van der Waals surface area (Å²) in [5.41, 5.74) is 0. The van der Waals surface area contributed by atoms with Crippen LogP contribution in [-0.4, -0.2) is 11.1 Å². The van der Waals surface area contributed by atoms with Gasteiger partial charge in [-0.15, -0.1) is 0 Å². The highest BCUT2D eigenvalue weighted by Crippen LogP contribution is 2.13. The average Bonchev–Trinajstić information content (AvgIpc) is 2.31. The van der Waals surface area contributed by atoms with Crippen LogP contribution >= 0.6 is 0 Å². The second kappa shape index (κ2) is 11.9. The Balaban J connectivity index is 3.06. The lowest BCUT2D eigenvalue weighted by molar-refractivity contribution is -0.141. The van der Waals surface area contributed by atoms with Crippen LogP contribution in [0.5, 0.6) is 0 Å². The van der Waals surface area contributed by atoms with Crippen LogP contribution in [0.15, 0.2) is 0 Å². The zero-order chi connectivity index (χ0) is 12.9. The highest BCUT2D eigenvalue weighted by atomic mass is 16.4. The van der Waals surface area contributed by atoms with Crippen molar-refractivity contribution in [2.24, 2.45) is 5.92 Å². The minimum absolute atomic E-state index is 0.163. The summed E-state index contributed by atoms with van der Waals surface area (Å²) in [5.74, 6) is -0.815. The molecule has 102 valence electrons. The molecular formula is C15H30O2. The molecule has 0 aliphatic rings. The van der Waals surface area contributed by atoms with E-state index in [1.54, 1.807) is 6.92 Å². The SMILES string of the molecule is CCCCCCCCCCCCC(C)C(=O)O. The first kappa shape index (κ1) is 16.5. The first-order valence-electron chi connectivity index (χ1n) is 7.41. The molecule has 0 spiro atoms. The van der Waals surface area contributed by atoms with Gasteiger partial charge in [0.15, 0.2) is 0 Å². The van der Waals surface area contributed by atoms with Crippen molar-refractivity contribution in [1.29, 1.82) is 0 Å². The van der Waals surface area contributed by atoms with Crippen LogP contribution in [-0.2, 0) is 4.79 Å². The number of aliphatic carboxylic acids is 1. The standard InChI is InChI=1S/C15H30O2/c1-3-4-5-6-7-8-9-10-11-12-13-14(2)15(16)17/h14H,3-13H2,1-2H3,(H,16,17). The molecule has 0 fully saturated rings. The van der Waals surface area contributed by atoms with Gasteiger partial charge >= 0.3 is 5.97 Å². The van der Waals surface area contributed by atoms with E-state index in [1.165, 1.54) is 57.8 Å². The van der Waals surface area contributed by atoms with Crippen molar-refractivity contribution < 1.29 is 9.90 Å². The Kier molecular flexibility index (Phi) is 11.6. The molecule has 0 aliphatic carbocycles. The van der Waals surface area contributed by atoms with Crippen LogP contribution in [0.4, 0.5) is 0 Å². The number of unbranched alkanes of at least 4 members (excludes halogenated alkanes) is 9. The molecule has 0 rings (SSSR count). The number of hydrogen-bond acceptors (Lipinski definition) is 1. The predicted molar refractivity (Wildman–Crippen MR) is 73.3 cm³/mol. The van der Waals surface area contributed by atoms with E-state index in [-0.39, 0.29) is 5.92 Å². The minimum Gasteiger partial charge on any atom is -0.481 e. The summed E-state index contributed by atoms with van der Waals surface area (Å²) in [7, 11) is 0. The van der Waals surface area contributed by atoms with Gasteiger partial charge < -0.3 is 5.11 Å². The molecule has 1 N–H and O–H groups in total. The van der Waals surface area contributed by atoms with E-state index in [4.69, 9.17) is 5.11 Å². The molecule has 2 heteroatoms. The minimum atomic E-state index is -0.652. The van der Waals surface area contributed by atoms with Crippen LogP contribution in [0.1, 0.15) is 84.5 Å². The summed E-state index contributed by atoms with van der Waals surface area (Å²) >= 11 is 0. The normalized spacial score (nSPS) is 12.6. The number of rotatable bonds is 12. The fourth-order valence-electron chi connectivity index (χ4n) is 2.06. The Bertz CT molecular complexity index is 178. The number of carboxylic acids is 1. The topological polar surface area (TPSA) is 37.3 Å². The van der Waals surface area contributed by atoms with Gasteiger partial charge in [0.05, 0.1) is 5.92 Å². The third-order valence-corrected chi connectivity index (χ3v) is 3.41. The Labute approximate surface area is 107 Å². The molecule has 0 bridgehead atoms. The van der Waals surface area contributed by atoms with Crippen molar-refractivity contribution in [3.05, 3.63) is 0 Å². The van der Waals surface area contributed by atoms with Gasteiger partial charge in [-0.05, 0) is 6.42 Å². The third-order valence-electron chi connectivity index (χ3n) is 3.41. The maximum absolute atomic E-state index is 10.6. The Morgan fingerprint density at radius 2 is 1.29 bits per heavy atom. The number of carbonyl (C=O) groups is 1. The molecule has 0 aromatic rings. The van der Waals surface area contributed by atoms with Gasteiger partial charge in [0.25, 0.3) is 0 Å². The average molecular weight is 242 g/mol. The molecule has 2 nitrogen and oxygen atoms in total. The molecule has 1 atom stereocenters. The Morgan fingerprint density at radius 3 is 1.71 bits per heavy atom. The highest BCUT2D eigenvalue weighted by Gasteiger charge is 2.09. The summed E-state index contributed by atoms with van der Waals surface area (Å²) in [6, 6.07) is 0. The van der Waals surface area contributed by atoms with Gasteiger partial charge in [0, 0.05) is 0 Å². The molecule has 0 amide bonds. The fourth-order valence-corrected chi connectivity index (χ4v) is 2.06. The number of carboxylic acid groups (broad SMARTS) is 1. The molecule has 0 saturated carbocycles. The second-order valence-electron chi connectivity index (χ2n) is 5.21. The predicted octanol–water partition coefficient (Wildman–Crippen LogP) is 5.02. The van der Waals surface area contributed by atoms with Crippen molar-refractivity contribution in [2.75, 3.05) is 0 Å². The van der Waals surface area contributed by atoms with Gasteiger partial charge in [-0.2, -0.15) is 0 Å². The van der Waals surface area contributed by atoms with Crippen molar-refractivity contribution in [1.82, 2.24) is 0 Å². The maximum atomic E-state index is 10.6. The zero-order valence-electron chi connectivity index (χ0n) is 11.7.